The van der Waals surface area contributed by atoms with Crippen molar-refractivity contribution in [1.29, 1.82) is 0 Å². The number of amides is 1. The van der Waals surface area contributed by atoms with Crippen molar-refractivity contribution >= 4 is 26.3 Å². The van der Waals surface area contributed by atoms with Gasteiger partial charge in [-0.05, 0) is 18.6 Å². The second kappa shape index (κ2) is 10.4. The molecular formula is C16H33BNOS. The lowest BCUT2D eigenvalue weighted by molar-refractivity contribution is -0.115. The van der Waals surface area contributed by atoms with Crippen molar-refractivity contribution in [3.05, 3.63) is 11.8 Å². The van der Waals surface area contributed by atoms with E-state index in [1.165, 1.54) is 5.57 Å². The van der Waals surface area contributed by atoms with E-state index in [1.54, 1.807) is 11.9 Å². The van der Waals surface area contributed by atoms with Crippen molar-refractivity contribution in [3.8, 4) is 0 Å². The van der Waals surface area contributed by atoms with Crippen LogP contribution in [0, 0.1) is 0 Å². The Morgan fingerprint density at radius 2 is 1.70 bits per heavy atom. The molecule has 0 aromatic heterocycles. The van der Waals surface area contributed by atoms with Crippen LogP contribution in [0.5, 0.6) is 0 Å². The van der Waals surface area contributed by atoms with E-state index in [0.29, 0.717) is 0 Å². The van der Waals surface area contributed by atoms with E-state index < -0.39 is 0 Å². The molecule has 0 N–H and O–H groups in total. The van der Waals surface area contributed by atoms with Crippen molar-refractivity contribution in [2.75, 3.05) is 12.8 Å². The number of hydrogen-bond acceptors (Lipinski definition) is 2. The van der Waals surface area contributed by atoms with Gasteiger partial charge in [0.1, 0.15) is 7.28 Å². The Balaban J connectivity index is 0. The third-order valence-electron chi connectivity index (χ3n) is 3.79. The number of carbonyl (C=O) groups is 1. The number of hydrogen-bond donors (Lipinski definition) is 1. The summed E-state index contributed by atoms with van der Waals surface area (Å²) in [6.07, 6.45) is 4.80. The zero-order chi connectivity index (χ0) is 16.4. The lowest BCUT2D eigenvalue weighted by Crippen LogP contribution is -2.09. The largest absolute Gasteiger partial charge is 0.325 e. The molecule has 0 aliphatic carbocycles. The Kier molecular flexibility index (Phi) is 11.4. The molecule has 1 heterocycles. The minimum Gasteiger partial charge on any atom is -0.325 e. The normalized spacial score (nSPS) is 27.1. The smallest absolute Gasteiger partial charge is 0.213 e. The van der Waals surface area contributed by atoms with Gasteiger partial charge in [0, 0.05) is 13.2 Å². The highest BCUT2D eigenvalue weighted by molar-refractivity contribution is 7.80. The van der Waals surface area contributed by atoms with Gasteiger partial charge in [0.2, 0.25) is 6.41 Å². The molecule has 2 atom stereocenters. The fourth-order valence-corrected chi connectivity index (χ4v) is 2.65. The molecule has 0 aromatic rings. The number of carbonyl (C=O) groups excluding carboxylic acids is 1. The second-order valence-electron chi connectivity index (χ2n) is 5.23. The molecule has 117 valence electrons. The fraction of sp³-hybridized carbons (Fsp3) is 0.812. The van der Waals surface area contributed by atoms with Crippen molar-refractivity contribution < 1.29 is 4.79 Å². The van der Waals surface area contributed by atoms with E-state index >= 15 is 0 Å². The Morgan fingerprint density at radius 1 is 1.20 bits per heavy atom. The van der Waals surface area contributed by atoms with Gasteiger partial charge in [0.15, 0.2) is 0 Å². The summed E-state index contributed by atoms with van der Waals surface area (Å²) in [5.41, 5.74) is 1.32. The molecule has 0 aromatic carbocycles. The van der Waals surface area contributed by atoms with Crippen molar-refractivity contribution in [3.63, 3.8) is 0 Å². The van der Waals surface area contributed by atoms with Gasteiger partial charge < -0.3 is 4.90 Å². The first-order chi connectivity index (χ1) is 9.40. The highest BCUT2D eigenvalue weighted by Gasteiger charge is 2.60. The van der Waals surface area contributed by atoms with Crippen LogP contribution in [0.15, 0.2) is 11.8 Å². The van der Waals surface area contributed by atoms with E-state index in [0.717, 1.165) is 25.0 Å². The minimum absolute atomic E-state index is 0.250. The average Bonchev–Trinajstić information content (AvgIpc) is 3.04. The summed E-state index contributed by atoms with van der Waals surface area (Å²) < 4.78 is 0. The molecule has 1 amide bonds. The van der Waals surface area contributed by atoms with Crippen molar-refractivity contribution in [2.45, 2.75) is 71.9 Å². The quantitative estimate of drug-likeness (QED) is 0.423. The molecule has 1 rings (SSSR count). The Bertz CT molecular complexity index is 309. The van der Waals surface area contributed by atoms with E-state index in [-0.39, 0.29) is 10.6 Å². The highest BCUT2D eigenvalue weighted by Crippen LogP contribution is 2.71. The lowest BCUT2D eigenvalue weighted by atomic mass is 9.83. The summed E-state index contributed by atoms with van der Waals surface area (Å²) in [6.45, 7) is 14.7. The van der Waals surface area contributed by atoms with Crippen LogP contribution in [0.4, 0.5) is 0 Å². The Labute approximate surface area is 133 Å². The molecule has 1 fully saturated rings. The van der Waals surface area contributed by atoms with Crippen molar-refractivity contribution in [1.82, 2.24) is 4.90 Å². The molecule has 0 spiro atoms. The van der Waals surface area contributed by atoms with Crippen LogP contribution in [-0.2, 0) is 4.79 Å². The summed E-state index contributed by atoms with van der Waals surface area (Å²) in [4.78, 5) is 12.2. The maximum Gasteiger partial charge on any atom is 0.213 e. The summed E-state index contributed by atoms with van der Waals surface area (Å²) in [5.74, 6) is 0.893. The maximum absolute atomic E-state index is 10.6. The highest BCUT2D eigenvalue weighted by atomic mass is 32.1. The van der Waals surface area contributed by atoms with Crippen LogP contribution in [-0.4, -0.2) is 31.4 Å². The third-order valence-corrected chi connectivity index (χ3v) is 4.44. The number of thiol groups is 1. The van der Waals surface area contributed by atoms with Gasteiger partial charge >= 0.3 is 0 Å². The molecule has 1 aliphatic heterocycles. The van der Waals surface area contributed by atoms with Gasteiger partial charge in [-0.25, -0.2) is 0 Å². The van der Waals surface area contributed by atoms with Gasteiger partial charge in [0.05, 0.1) is 0 Å². The second-order valence-corrected chi connectivity index (χ2v) is 5.54. The van der Waals surface area contributed by atoms with E-state index in [4.69, 9.17) is 0 Å². The summed E-state index contributed by atoms with van der Waals surface area (Å²) in [6, 6.07) is 0. The van der Waals surface area contributed by atoms with Crippen LogP contribution >= 0.6 is 12.6 Å². The van der Waals surface area contributed by atoms with Gasteiger partial charge in [-0.15, -0.1) is 0 Å². The summed E-state index contributed by atoms with van der Waals surface area (Å²) >= 11 is 4.40. The fourth-order valence-electron chi connectivity index (χ4n) is 2.20. The third kappa shape index (κ3) is 5.95. The molecule has 2 nitrogen and oxygen atoms in total. The monoisotopic (exact) mass is 298 g/mol. The lowest BCUT2D eigenvalue weighted by Gasteiger charge is -2.21. The molecule has 4 heteroatoms. The number of rotatable bonds is 6. The predicted octanol–water partition coefficient (Wildman–Crippen LogP) is 4.82. The predicted molar refractivity (Wildman–Crippen MR) is 95.9 cm³/mol. The first-order valence-corrected chi connectivity index (χ1v) is 8.39. The maximum atomic E-state index is 10.6. The molecule has 2 unspecified atom stereocenters. The number of allylic oxidation sites excluding steroid dienone is 1. The first-order valence-electron chi connectivity index (χ1n) is 7.75. The molecule has 1 aliphatic rings. The zero-order valence-corrected chi connectivity index (χ0v) is 15.6. The van der Waals surface area contributed by atoms with Crippen LogP contribution in [0.2, 0.25) is 10.6 Å². The molecular weight excluding hydrogens is 265 g/mol. The SMILES string of the molecule is CC.CC.CC/C(=C\N(C)C=O)CC1(C)[B]C1(C)CS. The van der Waals surface area contributed by atoms with Crippen LogP contribution < -0.4 is 0 Å². The minimum atomic E-state index is 0.250. The summed E-state index contributed by atoms with van der Waals surface area (Å²) in [5, 5.41) is 0.504. The zero-order valence-electron chi connectivity index (χ0n) is 14.7. The van der Waals surface area contributed by atoms with E-state index in [2.05, 4.69) is 40.7 Å². The topological polar surface area (TPSA) is 20.3 Å². The van der Waals surface area contributed by atoms with Gasteiger partial charge in [-0.1, -0.05) is 64.7 Å². The Hall–Kier alpha value is -0.375. The van der Waals surface area contributed by atoms with Crippen LogP contribution in [0.25, 0.3) is 0 Å². The van der Waals surface area contributed by atoms with Crippen LogP contribution in [0.1, 0.15) is 61.3 Å². The molecule has 0 saturated carbocycles. The molecule has 20 heavy (non-hydrogen) atoms. The first kappa shape index (κ1) is 21.9. The average molecular weight is 298 g/mol. The molecule has 1 radical (unpaired) electrons. The van der Waals surface area contributed by atoms with E-state index in [1.807, 2.05) is 33.9 Å². The molecule has 1 saturated heterocycles. The molecule has 0 bridgehead atoms. The van der Waals surface area contributed by atoms with Gasteiger partial charge in [-0.2, -0.15) is 12.6 Å². The van der Waals surface area contributed by atoms with Crippen molar-refractivity contribution in [2.24, 2.45) is 0 Å². The Morgan fingerprint density at radius 3 is 2.00 bits per heavy atom. The van der Waals surface area contributed by atoms with Gasteiger partial charge in [0.25, 0.3) is 0 Å². The van der Waals surface area contributed by atoms with Gasteiger partial charge in [-0.3, -0.25) is 4.79 Å². The number of nitrogens with zero attached hydrogens (tertiary/aromatic N) is 1. The standard InChI is InChI=1S/C12H21BNOS.2C2H6/c1-5-10(7-14(4)9-15)6-11(2)12(3,8-16)13-11;2*1-2/h7,9,16H,5-6,8H2,1-4H3;2*1-2H3/b10-7+;;. The van der Waals surface area contributed by atoms with Crippen LogP contribution in [0.3, 0.4) is 0 Å². The van der Waals surface area contributed by atoms with E-state index in [9.17, 15) is 4.79 Å². The summed E-state index contributed by atoms with van der Waals surface area (Å²) in [7, 11) is 4.15.